The minimum Gasteiger partial charge on any atom is -0.494 e. The Labute approximate surface area is 215 Å². The van der Waals surface area contributed by atoms with Crippen LogP contribution in [-0.4, -0.2) is 39.6 Å². The number of hydrogen-bond acceptors (Lipinski definition) is 3. The van der Waals surface area contributed by atoms with E-state index in [2.05, 4.69) is 71.8 Å². The van der Waals surface area contributed by atoms with Crippen molar-refractivity contribution in [3.63, 3.8) is 0 Å². The third kappa shape index (κ3) is 5.45. The van der Waals surface area contributed by atoms with Gasteiger partial charge in [0.05, 0.1) is 17.6 Å². The minimum atomic E-state index is 0.187. The monoisotopic (exact) mass is 487 g/mol. The molecule has 0 radical (unpaired) electrons. The SMILES string of the molecule is CCC(C)c1ccc(OCCCCn2c(C3CC(=O)N(C4CCCCC4)C3)nc3ccccc32)cc1. The van der Waals surface area contributed by atoms with E-state index in [0.29, 0.717) is 30.9 Å². The van der Waals surface area contributed by atoms with Crippen molar-refractivity contribution >= 4 is 16.9 Å². The highest BCUT2D eigenvalue weighted by atomic mass is 16.5. The molecule has 36 heavy (non-hydrogen) atoms. The number of aryl methyl sites for hydroxylation is 1. The second-order valence-corrected chi connectivity index (χ2v) is 10.8. The van der Waals surface area contributed by atoms with Crippen LogP contribution in [0, 0.1) is 0 Å². The van der Waals surface area contributed by atoms with E-state index in [1.54, 1.807) is 0 Å². The van der Waals surface area contributed by atoms with Gasteiger partial charge in [0.25, 0.3) is 0 Å². The molecule has 0 N–H and O–H groups in total. The van der Waals surface area contributed by atoms with Crippen molar-refractivity contribution in [1.29, 1.82) is 0 Å². The van der Waals surface area contributed by atoms with Crippen molar-refractivity contribution in [1.82, 2.24) is 14.5 Å². The predicted octanol–water partition coefficient (Wildman–Crippen LogP) is 7.06. The summed E-state index contributed by atoms with van der Waals surface area (Å²) in [4.78, 5) is 20.2. The molecule has 1 aliphatic carbocycles. The molecular formula is C31H41N3O2. The van der Waals surface area contributed by atoms with Crippen molar-refractivity contribution in [2.45, 2.75) is 96.1 Å². The first kappa shape index (κ1) is 24.9. The van der Waals surface area contributed by atoms with E-state index in [1.165, 1.54) is 30.3 Å². The Bertz CT molecular complexity index is 1150. The number of nitrogens with zero attached hydrogens (tertiary/aromatic N) is 3. The van der Waals surface area contributed by atoms with Crippen molar-refractivity contribution in [2.75, 3.05) is 13.2 Å². The summed E-state index contributed by atoms with van der Waals surface area (Å²) in [6, 6.07) is 17.4. The molecule has 2 aliphatic rings. The molecule has 2 fully saturated rings. The zero-order valence-electron chi connectivity index (χ0n) is 22.0. The summed E-state index contributed by atoms with van der Waals surface area (Å²) < 4.78 is 8.40. The molecule has 2 atom stereocenters. The number of carbonyl (C=O) groups excluding carboxylic acids is 1. The summed E-state index contributed by atoms with van der Waals surface area (Å²) in [7, 11) is 0. The molecule has 1 saturated heterocycles. The number of carbonyl (C=O) groups is 1. The van der Waals surface area contributed by atoms with Gasteiger partial charge in [0.1, 0.15) is 11.6 Å². The van der Waals surface area contributed by atoms with Crippen molar-refractivity contribution in [3.8, 4) is 5.75 Å². The molecule has 1 aliphatic heterocycles. The van der Waals surface area contributed by atoms with Crippen LogP contribution in [-0.2, 0) is 11.3 Å². The van der Waals surface area contributed by atoms with Gasteiger partial charge in [-0.05, 0) is 67.9 Å². The average Bonchev–Trinajstić information content (AvgIpc) is 3.49. The maximum absolute atomic E-state index is 13.0. The van der Waals surface area contributed by atoms with Crippen LogP contribution in [0.5, 0.6) is 5.75 Å². The van der Waals surface area contributed by atoms with E-state index in [-0.39, 0.29) is 5.92 Å². The summed E-state index contributed by atoms with van der Waals surface area (Å²) in [6.45, 7) is 6.92. The lowest BCUT2D eigenvalue weighted by atomic mass is 9.94. The van der Waals surface area contributed by atoms with Crippen LogP contribution in [0.15, 0.2) is 48.5 Å². The number of hydrogen-bond donors (Lipinski definition) is 0. The average molecular weight is 488 g/mol. The Balaban J connectivity index is 1.21. The molecule has 2 unspecified atom stereocenters. The highest BCUT2D eigenvalue weighted by Crippen LogP contribution is 2.34. The van der Waals surface area contributed by atoms with Crippen molar-refractivity contribution in [2.24, 2.45) is 0 Å². The molecule has 3 aromatic rings. The first-order chi connectivity index (χ1) is 17.6. The molecule has 192 valence electrons. The van der Waals surface area contributed by atoms with Gasteiger partial charge in [-0.1, -0.05) is 57.4 Å². The summed E-state index contributed by atoms with van der Waals surface area (Å²) in [5, 5.41) is 0. The Hall–Kier alpha value is -2.82. The number of rotatable bonds is 10. The molecule has 2 aromatic carbocycles. The van der Waals surface area contributed by atoms with Crippen LogP contribution >= 0.6 is 0 Å². The van der Waals surface area contributed by atoms with Gasteiger partial charge < -0.3 is 14.2 Å². The molecule has 2 heterocycles. The fraction of sp³-hybridized carbons (Fsp3) is 0.548. The third-order valence-corrected chi connectivity index (χ3v) is 8.33. The summed E-state index contributed by atoms with van der Waals surface area (Å²) >= 11 is 0. The summed E-state index contributed by atoms with van der Waals surface area (Å²) in [5.74, 6) is 3.13. The largest absolute Gasteiger partial charge is 0.494 e. The fourth-order valence-corrected chi connectivity index (χ4v) is 5.98. The molecule has 5 rings (SSSR count). The number of fused-ring (bicyclic) bond motifs is 1. The van der Waals surface area contributed by atoms with Crippen molar-refractivity contribution in [3.05, 3.63) is 59.9 Å². The molecule has 0 spiro atoms. The number of para-hydroxylation sites is 2. The van der Waals surface area contributed by atoms with E-state index in [4.69, 9.17) is 9.72 Å². The first-order valence-electron chi connectivity index (χ1n) is 14.1. The smallest absolute Gasteiger partial charge is 0.223 e. The number of ether oxygens (including phenoxy) is 1. The second kappa shape index (κ2) is 11.5. The Morgan fingerprint density at radius 2 is 1.81 bits per heavy atom. The Morgan fingerprint density at radius 3 is 2.58 bits per heavy atom. The zero-order valence-corrected chi connectivity index (χ0v) is 22.0. The molecule has 1 saturated carbocycles. The number of unbranched alkanes of at least 4 members (excludes halogenated alkanes) is 1. The highest BCUT2D eigenvalue weighted by molar-refractivity contribution is 5.81. The van der Waals surface area contributed by atoms with E-state index in [0.717, 1.165) is 62.3 Å². The van der Waals surface area contributed by atoms with Gasteiger partial charge >= 0.3 is 0 Å². The van der Waals surface area contributed by atoms with Gasteiger partial charge in [0, 0.05) is 31.5 Å². The number of imidazole rings is 1. The van der Waals surface area contributed by atoms with E-state index >= 15 is 0 Å². The number of amides is 1. The fourth-order valence-electron chi connectivity index (χ4n) is 5.98. The third-order valence-electron chi connectivity index (χ3n) is 8.33. The number of benzene rings is 2. The quantitative estimate of drug-likeness (QED) is 0.288. The molecule has 1 aromatic heterocycles. The maximum atomic E-state index is 13.0. The van der Waals surface area contributed by atoms with Gasteiger partial charge in [-0.15, -0.1) is 0 Å². The molecule has 5 nitrogen and oxygen atoms in total. The lowest BCUT2D eigenvalue weighted by Crippen LogP contribution is -2.37. The van der Waals surface area contributed by atoms with Crippen molar-refractivity contribution < 1.29 is 9.53 Å². The van der Waals surface area contributed by atoms with Gasteiger partial charge in [-0.3, -0.25) is 4.79 Å². The standard InChI is InChI=1S/C31H41N3O2/c1-3-23(2)24-15-17-27(18-16-24)36-20-10-9-19-33-29-14-8-7-13-28(29)32-31(33)25-21-30(35)34(22-25)26-11-5-4-6-12-26/h7-8,13-18,23,25-26H,3-6,9-12,19-22H2,1-2H3. The zero-order chi connectivity index (χ0) is 24.9. The first-order valence-corrected chi connectivity index (χ1v) is 14.1. The van der Waals surface area contributed by atoms with Crippen LogP contribution in [0.25, 0.3) is 11.0 Å². The van der Waals surface area contributed by atoms with E-state index in [1.807, 2.05) is 0 Å². The Morgan fingerprint density at radius 1 is 1.03 bits per heavy atom. The highest BCUT2D eigenvalue weighted by Gasteiger charge is 2.37. The van der Waals surface area contributed by atoms with E-state index in [9.17, 15) is 4.79 Å². The van der Waals surface area contributed by atoms with Crippen LogP contribution in [0.1, 0.15) is 94.9 Å². The van der Waals surface area contributed by atoms with Crippen LogP contribution in [0.4, 0.5) is 0 Å². The maximum Gasteiger partial charge on any atom is 0.223 e. The van der Waals surface area contributed by atoms with Gasteiger partial charge in [0.2, 0.25) is 5.91 Å². The molecule has 0 bridgehead atoms. The van der Waals surface area contributed by atoms with Crippen LogP contribution in [0.3, 0.4) is 0 Å². The van der Waals surface area contributed by atoms with Gasteiger partial charge in [-0.25, -0.2) is 4.98 Å². The lowest BCUT2D eigenvalue weighted by molar-refractivity contribution is -0.130. The normalized spacial score (nSPS) is 19.8. The molecule has 5 heteroatoms. The summed E-state index contributed by atoms with van der Waals surface area (Å²) in [6.07, 6.45) is 9.88. The molecule has 1 amide bonds. The number of likely N-dealkylation sites (tertiary alicyclic amines) is 1. The van der Waals surface area contributed by atoms with Crippen LogP contribution in [0.2, 0.25) is 0 Å². The predicted molar refractivity (Wildman–Crippen MR) is 146 cm³/mol. The lowest BCUT2D eigenvalue weighted by Gasteiger charge is -2.31. The van der Waals surface area contributed by atoms with E-state index < -0.39 is 0 Å². The molecular weight excluding hydrogens is 446 g/mol. The number of aromatic nitrogens is 2. The van der Waals surface area contributed by atoms with Gasteiger partial charge in [-0.2, -0.15) is 0 Å². The van der Waals surface area contributed by atoms with Gasteiger partial charge in [0.15, 0.2) is 0 Å². The Kier molecular flexibility index (Phi) is 7.93. The topological polar surface area (TPSA) is 47.4 Å². The summed E-state index contributed by atoms with van der Waals surface area (Å²) in [5.41, 5.74) is 3.59. The minimum absolute atomic E-state index is 0.187. The van der Waals surface area contributed by atoms with Crippen LogP contribution < -0.4 is 4.74 Å². The second-order valence-electron chi connectivity index (χ2n) is 10.8.